The highest BCUT2D eigenvalue weighted by Crippen LogP contribution is 2.33. The van der Waals surface area contributed by atoms with Crippen LogP contribution in [0.2, 0.25) is 0 Å². The summed E-state index contributed by atoms with van der Waals surface area (Å²) in [6.07, 6.45) is 0.776. The van der Waals surface area contributed by atoms with Crippen molar-refractivity contribution in [1.82, 2.24) is 0 Å². The van der Waals surface area contributed by atoms with Crippen LogP contribution in [0.3, 0.4) is 0 Å². The summed E-state index contributed by atoms with van der Waals surface area (Å²) in [5.41, 5.74) is 6.71. The van der Waals surface area contributed by atoms with Crippen LogP contribution in [0.1, 0.15) is 10.4 Å². The average Bonchev–Trinajstić information content (AvgIpc) is 2.83. The van der Waals surface area contributed by atoms with Crippen LogP contribution in [0.5, 0.6) is 11.5 Å². The molecule has 2 aromatic rings. The second-order valence-electron chi connectivity index (χ2n) is 3.97. The molecule has 2 N–H and O–H groups in total. The molecule has 2 rings (SSSR count). The number of benzene rings is 1. The highest BCUT2D eigenvalue weighted by molar-refractivity contribution is 9.10. The molecule has 0 aliphatic rings. The summed E-state index contributed by atoms with van der Waals surface area (Å²) in [6.45, 7) is 1.11. The number of para-hydroxylation sites is 1. The van der Waals surface area contributed by atoms with Crippen molar-refractivity contribution in [3.05, 3.63) is 44.6 Å². The van der Waals surface area contributed by atoms with Crippen molar-refractivity contribution in [3.8, 4) is 11.5 Å². The number of hydrogen-bond donors (Lipinski definition) is 1. The first-order valence-electron chi connectivity index (χ1n) is 5.97. The van der Waals surface area contributed by atoms with Crippen LogP contribution in [0.25, 0.3) is 0 Å². The zero-order chi connectivity index (χ0) is 13.7. The fourth-order valence-corrected chi connectivity index (χ4v) is 3.18. The maximum Gasteiger partial charge on any atom is 0.164 e. The summed E-state index contributed by atoms with van der Waals surface area (Å²) in [6, 6.07) is 7.90. The first kappa shape index (κ1) is 14.4. The summed E-state index contributed by atoms with van der Waals surface area (Å²) in [4.78, 5) is 1.16. The fraction of sp³-hybridized carbons (Fsp3) is 0.286. The quantitative estimate of drug-likeness (QED) is 0.872. The minimum atomic E-state index is 0.524. The first-order valence-corrected chi connectivity index (χ1v) is 7.64. The zero-order valence-electron chi connectivity index (χ0n) is 10.7. The van der Waals surface area contributed by atoms with Gasteiger partial charge in [0.25, 0.3) is 0 Å². The Labute approximate surface area is 125 Å². The topological polar surface area (TPSA) is 44.5 Å². The summed E-state index contributed by atoms with van der Waals surface area (Å²) in [5.74, 6) is 1.54. The SMILES string of the molecule is COc1cccc(CCN)c1OCc1sccc1Br. The van der Waals surface area contributed by atoms with E-state index in [9.17, 15) is 0 Å². The molecule has 1 aromatic heterocycles. The number of hydrogen-bond acceptors (Lipinski definition) is 4. The molecule has 0 amide bonds. The molecule has 102 valence electrons. The van der Waals surface area contributed by atoms with E-state index in [0.29, 0.717) is 13.2 Å². The Bertz CT molecular complexity index is 542. The van der Waals surface area contributed by atoms with E-state index in [2.05, 4.69) is 15.9 Å². The molecule has 0 radical (unpaired) electrons. The number of rotatable bonds is 6. The number of nitrogens with two attached hydrogens (primary N) is 1. The van der Waals surface area contributed by atoms with Gasteiger partial charge >= 0.3 is 0 Å². The van der Waals surface area contributed by atoms with Crippen LogP contribution < -0.4 is 15.2 Å². The number of methoxy groups -OCH3 is 1. The lowest BCUT2D eigenvalue weighted by Gasteiger charge is -2.14. The molecule has 0 aliphatic carbocycles. The Morgan fingerprint density at radius 3 is 2.79 bits per heavy atom. The molecule has 0 saturated carbocycles. The molecule has 0 fully saturated rings. The smallest absolute Gasteiger partial charge is 0.164 e. The van der Waals surface area contributed by atoms with E-state index in [4.69, 9.17) is 15.2 Å². The monoisotopic (exact) mass is 341 g/mol. The summed E-state index contributed by atoms with van der Waals surface area (Å²) < 4.78 is 12.4. The maximum atomic E-state index is 5.94. The Morgan fingerprint density at radius 1 is 1.32 bits per heavy atom. The van der Waals surface area contributed by atoms with E-state index in [0.717, 1.165) is 32.8 Å². The largest absolute Gasteiger partial charge is 0.493 e. The van der Waals surface area contributed by atoms with E-state index in [-0.39, 0.29) is 0 Å². The van der Waals surface area contributed by atoms with Gasteiger partial charge in [-0.25, -0.2) is 0 Å². The minimum absolute atomic E-state index is 0.524. The molecular weight excluding hydrogens is 326 g/mol. The minimum Gasteiger partial charge on any atom is -0.493 e. The van der Waals surface area contributed by atoms with Crippen molar-refractivity contribution in [2.75, 3.05) is 13.7 Å². The molecule has 1 heterocycles. The third kappa shape index (κ3) is 3.49. The molecule has 0 saturated heterocycles. The van der Waals surface area contributed by atoms with Gasteiger partial charge in [-0.2, -0.15) is 0 Å². The normalized spacial score (nSPS) is 10.5. The highest BCUT2D eigenvalue weighted by Gasteiger charge is 2.11. The molecule has 19 heavy (non-hydrogen) atoms. The van der Waals surface area contributed by atoms with E-state index in [1.807, 2.05) is 29.6 Å². The van der Waals surface area contributed by atoms with Gasteiger partial charge < -0.3 is 15.2 Å². The number of ether oxygens (including phenoxy) is 2. The van der Waals surface area contributed by atoms with Gasteiger partial charge in [0.15, 0.2) is 11.5 Å². The lowest BCUT2D eigenvalue weighted by Crippen LogP contribution is -2.06. The van der Waals surface area contributed by atoms with Crippen molar-refractivity contribution in [2.24, 2.45) is 5.73 Å². The number of thiophene rings is 1. The standard InChI is InChI=1S/C14H16BrNO2S/c1-17-12-4-2-3-10(5-7-16)14(12)18-9-13-11(15)6-8-19-13/h2-4,6,8H,5,7,9,16H2,1H3. The predicted molar refractivity (Wildman–Crippen MR) is 82.1 cm³/mol. The van der Waals surface area contributed by atoms with Crippen LogP contribution >= 0.6 is 27.3 Å². The van der Waals surface area contributed by atoms with E-state index < -0.39 is 0 Å². The molecule has 5 heteroatoms. The summed E-state index contributed by atoms with van der Waals surface area (Å²) in [7, 11) is 1.65. The van der Waals surface area contributed by atoms with Gasteiger partial charge in [0.1, 0.15) is 6.61 Å². The third-order valence-electron chi connectivity index (χ3n) is 2.73. The second kappa shape index (κ2) is 6.93. The fourth-order valence-electron chi connectivity index (χ4n) is 1.80. The van der Waals surface area contributed by atoms with E-state index >= 15 is 0 Å². The summed E-state index contributed by atoms with van der Waals surface area (Å²) >= 11 is 5.17. The van der Waals surface area contributed by atoms with Crippen LogP contribution in [-0.4, -0.2) is 13.7 Å². The third-order valence-corrected chi connectivity index (χ3v) is 4.63. The molecular formula is C14H16BrNO2S. The van der Waals surface area contributed by atoms with Gasteiger partial charge in [0.2, 0.25) is 0 Å². The van der Waals surface area contributed by atoms with Crippen LogP contribution in [0.15, 0.2) is 34.1 Å². The van der Waals surface area contributed by atoms with Crippen LogP contribution in [-0.2, 0) is 13.0 Å². The van der Waals surface area contributed by atoms with Crippen molar-refractivity contribution in [1.29, 1.82) is 0 Å². The van der Waals surface area contributed by atoms with Gasteiger partial charge in [0.05, 0.1) is 12.0 Å². The van der Waals surface area contributed by atoms with E-state index in [1.165, 1.54) is 0 Å². The second-order valence-corrected chi connectivity index (χ2v) is 5.82. The Morgan fingerprint density at radius 2 is 2.16 bits per heavy atom. The van der Waals surface area contributed by atoms with E-state index in [1.54, 1.807) is 18.4 Å². The van der Waals surface area contributed by atoms with Gasteiger partial charge in [0, 0.05) is 4.47 Å². The van der Waals surface area contributed by atoms with Gasteiger partial charge in [-0.1, -0.05) is 12.1 Å². The number of halogens is 1. The molecule has 0 spiro atoms. The molecule has 0 unspecified atom stereocenters. The zero-order valence-corrected chi connectivity index (χ0v) is 13.1. The van der Waals surface area contributed by atoms with Crippen LogP contribution in [0, 0.1) is 0 Å². The lowest BCUT2D eigenvalue weighted by molar-refractivity contribution is 0.283. The molecule has 1 aromatic carbocycles. The van der Waals surface area contributed by atoms with Crippen molar-refractivity contribution >= 4 is 27.3 Å². The lowest BCUT2D eigenvalue weighted by atomic mass is 10.1. The van der Waals surface area contributed by atoms with Crippen molar-refractivity contribution < 1.29 is 9.47 Å². The van der Waals surface area contributed by atoms with Gasteiger partial charge in [-0.05, 0) is 52.0 Å². The molecule has 0 aliphatic heterocycles. The Kier molecular flexibility index (Phi) is 5.24. The Balaban J connectivity index is 2.20. The van der Waals surface area contributed by atoms with Crippen molar-refractivity contribution in [3.63, 3.8) is 0 Å². The Hall–Kier alpha value is -1.04. The van der Waals surface area contributed by atoms with Crippen molar-refractivity contribution in [2.45, 2.75) is 13.0 Å². The maximum absolute atomic E-state index is 5.94. The first-order chi connectivity index (χ1) is 9.26. The van der Waals surface area contributed by atoms with Gasteiger partial charge in [-0.3, -0.25) is 0 Å². The van der Waals surface area contributed by atoms with Crippen LogP contribution in [0.4, 0.5) is 0 Å². The average molecular weight is 342 g/mol. The summed E-state index contributed by atoms with van der Waals surface area (Å²) in [5, 5.41) is 2.03. The molecule has 3 nitrogen and oxygen atoms in total. The predicted octanol–water partition coefficient (Wildman–Crippen LogP) is 3.60. The molecule has 0 bridgehead atoms. The molecule has 0 atom stereocenters. The highest BCUT2D eigenvalue weighted by atomic mass is 79.9. The van der Waals surface area contributed by atoms with Gasteiger partial charge in [-0.15, -0.1) is 11.3 Å².